The van der Waals surface area contributed by atoms with E-state index in [1.54, 1.807) is 0 Å². The van der Waals surface area contributed by atoms with Crippen LogP contribution in [0.3, 0.4) is 0 Å². The van der Waals surface area contributed by atoms with Crippen LogP contribution in [0.1, 0.15) is 18.2 Å². The molecule has 0 saturated carbocycles. The van der Waals surface area contributed by atoms with E-state index in [9.17, 15) is 0 Å². The van der Waals surface area contributed by atoms with Gasteiger partial charge in [0.2, 0.25) is 0 Å². The van der Waals surface area contributed by atoms with Gasteiger partial charge in [-0.2, -0.15) is 5.10 Å². The minimum atomic E-state index is 0.572. The van der Waals surface area contributed by atoms with Gasteiger partial charge in [-0.05, 0) is 24.6 Å². The third-order valence-electron chi connectivity index (χ3n) is 4.20. The summed E-state index contributed by atoms with van der Waals surface area (Å²) in [5, 5.41) is 10.9. The van der Waals surface area contributed by atoms with Crippen LogP contribution in [0.25, 0.3) is 11.4 Å². The van der Waals surface area contributed by atoms with E-state index in [2.05, 4.69) is 44.5 Å². The van der Waals surface area contributed by atoms with Crippen molar-refractivity contribution in [2.75, 3.05) is 13.6 Å². The third-order valence-corrected chi connectivity index (χ3v) is 4.40. The van der Waals surface area contributed by atoms with E-state index >= 15 is 0 Å². The summed E-state index contributed by atoms with van der Waals surface area (Å²) in [6, 6.07) is 10.1. The smallest absolute Gasteiger partial charge is 0.194 e. The molecule has 0 amide bonds. The van der Waals surface area contributed by atoms with Gasteiger partial charge in [-0.15, -0.1) is 0 Å². The Bertz CT molecular complexity index is 899. The zero-order valence-electron chi connectivity index (χ0n) is 15.8. The largest absolute Gasteiger partial charge is 0.357 e. The molecule has 7 nitrogen and oxygen atoms in total. The molecule has 2 heterocycles. The lowest BCUT2D eigenvalue weighted by Crippen LogP contribution is -2.38. The number of aromatic amines is 1. The molecule has 0 fully saturated rings. The predicted molar refractivity (Wildman–Crippen MR) is 109 cm³/mol. The number of nitrogens with zero attached hydrogens (tertiary/aromatic N) is 5. The Morgan fingerprint density at radius 1 is 1.37 bits per heavy atom. The average Bonchev–Trinajstić information content (AvgIpc) is 3.29. The molecule has 0 aliphatic rings. The Labute approximate surface area is 164 Å². The number of aryl methyl sites for hydroxylation is 1. The number of hydrogen-bond acceptors (Lipinski definition) is 3. The number of benzene rings is 1. The van der Waals surface area contributed by atoms with Gasteiger partial charge in [-0.25, -0.2) is 9.98 Å². The van der Waals surface area contributed by atoms with Gasteiger partial charge in [-0.3, -0.25) is 5.10 Å². The summed E-state index contributed by atoms with van der Waals surface area (Å²) < 4.78 is 2.03. The highest BCUT2D eigenvalue weighted by molar-refractivity contribution is 6.30. The number of aromatic nitrogens is 4. The molecule has 0 spiro atoms. The van der Waals surface area contributed by atoms with Crippen molar-refractivity contribution in [3.05, 3.63) is 59.1 Å². The van der Waals surface area contributed by atoms with Crippen LogP contribution in [0.5, 0.6) is 0 Å². The van der Waals surface area contributed by atoms with E-state index in [1.165, 1.54) is 6.33 Å². The fourth-order valence-electron chi connectivity index (χ4n) is 2.84. The summed E-state index contributed by atoms with van der Waals surface area (Å²) in [5.74, 6) is 1.60. The molecule has 27 heavy (non-hydrogen) atoms. The molecule has 0 bridgehead atoms. The molecule has 3 aromatic rings. The van der Waals surface area contributed by atoms with E-state index in [-0.39, 0.29) is 0 Å². The molecule has 0 aliphatic carbocycles. The maximum atomic E-state index is 6.09. The second-order valence-electron chi connectivity index (χ2n) is 6.32. The van der Waals surface area contributed by atoms with Gasteiger partial charge in [0, 0.05) is 38.1 Å². The highest BCUT2D eigenvalue weighted by atomic mass is 35.5. The molecule has 0 radical (unpaired) electrons. The minimum absolute atomic E-state index is 0.572. The number of halogens is 1. The molecule has 2 N–H and O–H groups in total. The molecule has 0 atom stereocenters. The fourth-order valence-corrected chi connectivity index (χ4v) is 3.11. The second kappa shape index (κ2) is 8.73. The van der Waals surface area contributed by atoms with Crippen LogP contribution in [0, 0.1) is 0 Å². The normalized spacial score (nSPS) is 11.6. The highest BCUT2D eigenvalue weighted by Crippen LogP contribution is 2.17. The van der Waals surface area contributed by atoms with E-state index in [0.717, 1.165) is 40.2 Å². The second-order valence-corrected chi connectivity index (χ2v) is 6.76. The van der Waals surface area contributed by atoms with Crippen LogP contribution in [-0.4, -0.2) is 44.2 Å². The lowest BCUT2D eigenvalue weighted by Gasteiger charge is -2.22. The van der Waals surface area contributed by atoms with Crippen LogP contribution in [0.15, 0.2) is 47.8 Å². The van der Waals surface area contributed by atoms with Crippen molar-refractivity contribution in [2.45, 2.75) is 20.0 Å². The SMILES string of the molecule is CCNC(=NCc1cccc(-c2ncn[nH]2)c1)N(C)Cc1cc(Cl)cn1C. The van der Waals surface area contributed by atoms with E-state index in [0.29, 0.717) is 13.1 Å². The Kier molecular flexibility index (Phi) is 6.13. The molecule has 0 aliphatic heterocycles. The molecule has 0 unspecified atom stereocenters. The number of nitrogens with one attached hydrogen (secondary N) is 2. The number of guanidine groups is 1. The van der Waals surface area contributed by atoms with Crippen molar-refractivity contribution in [1.82, 2.24) is 30.0 Å². The monoisotopic (exact) mass is 385 g/mol. The van der Waals surface area contributed by atoms with Gasteiger partial charge in [-0.1, -0.05) is 29.8 Å². The number of aliphatic imine (C=N–C) groups is 1. The van der Waals surface area contributed by atoms with Crippen molar-refractivity contribution in [1.29, 1.82) is 0 Å². The van der Waals surface area contributed by atoms with Gasteiger partial charge >= 0.3 is 0 Å². The molecular weight excluding hydrogens is 362 g/mol. The van der Waals surface area contributed by atoms with Gasteiger partial charge < -0.3 is 14.8 Å². The first-order valence-corrected chi connectivity index (χ1v) is 9.19. The Balaban J connectivity index is 1.73. The Morgan fingerprint density at radius 2 is 2.22 bits per heavy atom. The Morgan fingerprint density at radius 3 is 2.89 bits per heavy atom. The zero-order chi connectivity index (χ0) is 19.2. The van der Waals surface area contributed by atoms with Crippen molar-refractivity contribution in [3.8, 4) is 11.4 Å². The summed E-state index contributed by atoms with van der Waals surface area (Å²) >= 11 is 6.09. The number of H-pyrrole nitrogens is 1. The van der Waals surface area contributed by atoms with Gasteiger partial charge in [0.25, 0.3) is 0 Å². The standard InChI is InChI=1S/C19H24ClN7/c1-4-21-19(27(3)12-17-9-16(20)11-26(17)2)22-10-14-6-5-7-15(8-14)18-23-13-24-25-18/h5-9,11,13H,4,10,12H2,1-3H3,(H,21,22)(H,23,24,25). The lowest BCUT2D eigenvalue weighted by atomic mass is 10.1. The average molecular weight is 386 g/mol. The van der Waals surface area contributed by atoms with Gasteiger partial charge in [0.15, 0.2) is 11.8 Å². The third kappa shape index (κ3) is 4.89. The number of hydrogen-bond donors (Lipinski definition) is 2. The predicted octanol–water partition coefficient (Wildman–Crippen LogP) is 3.06. The quantitative estimate of drug-likeness (QED) is 0.505. The van der Waals surface area contributed by atoms with Gasteiger partial charge in [0.05, 0.1) is 18.1 Å². The van der Waals surface area contributed by atoms with E-state index in [4.69, 9.17) is 16.6 Å². The van der Waals surface area contributed by atoms with Crippen LogP contribution < -0.4 is 5.32 Å². The molecule has 8 heteroatoms. The molecule has 2 aromatic heterocycles. The molecule has 142 valence electrons. The van der Waals surface area contributed by atoms with Crippen molar-refractivity contribution in [2.24, 2.45) is 12.0 Å². The molecule has 0 saturated heterocycles. The zero-order valence-corrected chi connectivity index (χ0v) is 16.5. The van der Waals surface area contributed by atoms with Crippen LogP contribution in [-0.2, 0) is 20.1 Å². The maximum absolute atomic E-state index is 6.09. The maximum Gasteiger partial charge on any atom is 0.194 e. The topological polar surface area (TPSA) is 74.1 Å². The molecule has 1 aromatic carbocycles. The summed E-state index contributed by atoms with van der Waals surface area (Å²) in [6.45, 7) is 4.15. The lowest BCUT2D eigenvalue weighted by molar-refractivity contribution is 0.462. The van der Waals surface area contributed by atoms with Crippen LogP contribution >= 0.6 is 11.6 Å². The first-order valence-electron chi connectivity index (χ1n) is 8.81. The van der Waals surface area contributed by atoms with E-state index < -0.39 is 0 Å². The summed E-state index contributed by atoms with van der Waals surface area (Å²) in [6.07, 6.45) is 3.41. The Hall–Kier alpha value is -2.80. The minimum Gasteiger partial charge on any atom is -0.357 e. The summed E-state index contributed by atoms with van der Waals surface area (Å²) in [5.41, 5.74) is 3.23. The van der Waals surface area contributed by atoms with Crippen molar-refractivity contribution >= 4 is 17.6 Å². The first kappa shape index (κ1) is 19.0. The van der Waals surface area contributed by atoms with Crippen LogP contribution in [0.4, 0.5) is 0 Å². The fraction of sp³-hybridized carbons (Fsp3) is 0.316. The molecule has 3 rings (SSSR count). The van der Waals surface area contributed by atoms with Gasteiger partial charge in [0.1, 0.15) is 6.33 Å². The summed E-state index contributed by atoms with van der Waals surface area (Å²) in [7, 11) is 4.02. The van der Waals surface area contributed by atoms with Crippen molar-refractivity contribution in [3.63, 3.8) is 0 Å². The summed E-state index contributed by atoms with van der Waals surface area (Å²) in [4.78, 5) is 11.1. The van der Waals surface area contributed by atoms with E-state index in [1.807, 2.05) is 43.1 Å². The first-order chi connectivity index (χ1) is 13.1. The molecular formula is C19H24ClN7. The highest BCUT2D eigenvalue weighted by Gasteiger charge is 2.10. The van der Waals surface area contributed by atoms with Crippen molar-refractivity contribution < 1.29 is 0 Å². The van der Waals surface area contributed by atoms with Crippen LogP contribution in [0.2, 0.25) is 5.02 Å². The number of rotatable bonds is 6.